The zero-order valence-corrected chi connectivity index (χ0v) is 42.9. The molecule has 2 aliphatic heterocycles. The predicted molar refractivity (Wildman–Crippen MR) is 317 cm³/mol. The van der Waals surface area contributed by atoms with Crippen molar-refractivity contribution in [1.82, 2.24) is 29.9 Å². The molecule has 0 bridgehead atoms. The highest BCUT2D eigenvalue weighted by molar-refractivity contribution is 5.88. The Morgan fingerprint density at radius 2 is 0.537 bits per heavy atom. The Morgan fingerprint density at radius 3 is 0.825 bits per heavy atom. The number of aromatic nitrogens is 6. The number of nitrogens with zero attached hydrogens (tertiary/aromatic N) is 8. The standard InChI is InChI=1S/C35H24N4O.C34H22N4O2/c1-2-24-16-18-26(19-17-24)34-36-33(25-10-4-3-5-11-25)37-35(38-34)27-20-22-28(23-21-27)39-29-12-6-8-14-31(29)40-32-15-9-7-13-30(32)39;39-22-23-14-16-25(17-15-23)33-35-32(24-8-2-1-3-9-24)36-34(37-33)26-18-20-27(21-19-26)38-28-10-4-6-12-30(28)40-31-13-7-5-11-29(31)38/h2-23H,1H2;1-22H. The minimum absolute atomic E-state index is 0.543. The molecule has 11 nitrogen and oxygen atoms in total. The molecule has 0 saturated carbocycles. The summed E-state index contributed by atoms with van der Waals surface area (Å²) in [5, 5.41) is 0. The van der Waals surface area contributed by atoms with Crippen molar-refractivity contribution in [2.45, 2.75) is 0 Å². The second-order valence-corrected chi connectivity index (χ2v) is 18.8. The number of hydrogen-bond acceptors (Lipinski definition) is 11. The maximum Gasteiger partial charge on any atom is 0.164 e. The molecule has 2 aliphatic rings. The van der Waals surface area contributed by atoms with Crippen molar-refractivity contribution >= 4 is 46.5 Å². The SMILES string of the molecule is C=Cc1ccc(-c2nc(-c3ccccc3)nc(-c3ccc(N4c5ccccc5Oc5ccccc54)cc3)n2)cc1.O=Cc1ccc(-c2nc(-c3ccccc3)nc(-c3ccc(N4c5ccccc5Oc5ccccc54)cc3)n2)cc1. The van der Waals surface area contributed by atoms with Gasteiger partial charge in [0, 0.05) is 50.3 Å². The molecular formula is C69H46N8O3. The van der Waals surface area contributed by atoms with Crippen LogP contribution < -0.4 is 19.3 Å². The van der Waals surface area contributed by atoms with Crippen LogP contribution in [0.15, 0.2) is 261 Å². The van der Waals surface area contributed by atoms with E-state index in [4.69, 9.17) is 39.4 Å². The third-order valence-electron chi connectivity index (χ3n) is 13.7. The Bertz CT molecular complexity index is 3850. The highest BCUT2D eigenvalue weighted by Gasteiger charge is 2.27. The Morgan fingerprint density at radius 1 is 0.287 bits per heavy atom. The number of carbonyl (C=O) groups is 1. The fourth-order valence-electron chi connectivity index (χ4n) is 9.66. The van der Waals surface area contributed by atoms with Crippen molar-refractivity contribution in [3.05, 3.63) is 272 Å². The lowest BCUT2D eigenvalue weighted by Crippen LogP contribution is -2.15. The summed E-state index contributed by atoms with van der Waals surface area (Å²) in [7, 11) is 0. The topological polar surface area (TPSA) is 119 Å². The first kappa shape index (κ1) is 48.5. The number of fused-ring (bicyclic) bond motifs is 4. The average molecular weight is 1040 g/mol. The molecule has 0 fully saturated rings. The summed E-state index contributed by atoms with van der Waals surface area (Å²) in [4.78, 5) is 44.6. The summed E-state index contributed by atoms with van der Waals surface area (Å²) in [5.74, 6) is 6.82. The zero-order chi connectivity index (χ0) is 53.8. The van der Waals surface area contributed by atoms with Gasteiger partial charge in [-0.1, -0.05) is 170 Å². The monoisotopic (exact) mass is 1030 g/mol. The molecule has 0 spiro atoms. The molecule has 0 radical (unpaired) electrons. The van der Waals surface area contributed by atoms with Crippen LogP contribution in [0, 0.1) is 0 Å². The quantitative estimate of drug-likeness (QED) is 0.122. The van der Waals surface area contributed by atoms with Crippen molar-refractivity contribution in [3.8, 4) is 91.3 Å². The van der Waals surface area contributed by atoms with Crippen molar-refractivity contribution in [3.63, 3.8) is 0 Å². The number of anilines is 6. The fraction of sp³-hybridized carbons (Fsp3) is 0. The van der Waals surface area contributed by atoms with E-state index in [9.17, 15) is 4.79 Å². The first-order chi connectivity index (χ1) is 39.5. The molecule has 4 heterocycles. The Hall–Kier alpha value is -11.2. The van der Waals surface area contributed by atoms with E-state index < -0.39 is 0 Å². The summed E-state index contributed by atoms with van der Waals surface area (Å²) in [6, 6.07) is 83.8. The molecule has 2 aromatic heterocycles. The van der Waals surface area contributed by atoms with E-state index in [2.05, 4.69) is 77.0 Å². The molecular weight excluding hydrogens is 989 g/mol. The van der Waals surface area contributed by atoms with E-state index in [0.717, 1.165) is 102 Å². The molecule has 0 atom stereocenters. The summed E-state index contributed by atoms with van der Waals surface area (Å²) in [5.41, 5.74) is 12.9. The maximum atomic E-state index is 11.2. The lowest BCUT2D eigenvalue weighted by atomic mass is 10.1. The van der Waals surface area contributed by atoms with Crippen LogP contribution in [0.3, 0.4) is 0 Å². The molecule has 0 saturated heterocycles. The van der Waals surface area contributed by atoms with Gasteiger partial charge >= 0.3 is 0 Å². The first-order valence-corrected chi connectivity index (χ1v) is 26.0. The molecule has 14 rings (SSSR count). The van der Waals surface area contributed by atoms with Gasteiger partial charge < -0.3 is 19.3 Å². The maximum absolute atomic E-state index is 11.2. The zero-order valence-electron chi connectivity index (χ0n) is 42.9. The molecule has 10 aromatic carbocycles. The van der Waals surface area contributed by atoms with Crippen LogP contribution in [0.4, 0.5) is 34.1 Å². The molecule has 0 amide bonds. The summed E-state index contributed by atoms with van der Waals surface area (Å²) in [6.45, 7) is 3.86. The van der Waals surface area contributed by atoms with Gasteiger partial charge in [0.25, 0.3) is 0 Å². The van der Waals surface area contributed by atoms with Gasteiger partial charge in [-0.3, -0.25) is 4.79 Å². The average Bonchev–Trinajstić information content (AvgIpc) is 3.54. The highest BCUT2D eigenvalue weighted by atomic mass is 16.5. The van der Waals surface area contributed by atoms with Crippen LogP contribution in [0.1, 0.15) is 15.9 Å². The number of benzene rings is 10. The summed E-state index contributed by atoms with van der Waals surface area (Å²) < 4.78 is 12.3. The Balaban J connectivity index is 0.000000151. The van der Waals surface area contributed by atoms with E-state index in [1.807, 2.05) is 188 Å². The van der Waals surface area contributed by atoms with Gasteiger partial charge in [0.15, 0.2) is 57.9 Å². The van der Waals surface area contributed by atoms with Crippen LogP contribution in [-0.4, -0.2) is 36.2 Å². The Kier molecular flexibility index (Phi) is 13.0. The van der Waals surface area contributed by atoms with Crippen LogP contribution in [-0.2, 0) is 0 Å². The van der Waals surface area contributed by atoms with Crippen molar-refractivity contribution < 1.29 is 14.3 Å². The fourth-order valence-corrected chi connectivity index (χ4v) is 9.66. The predicted octanol–water partition coefficient (Wildman–Crippen LogP) is 17.4. The van der Waals surface area contributed by atoms with Crippen LogP contribution in [0.25, 0.3) is 74.4 Å². The third kappa shape index (κ3) is 9.70. The van der Waals surface area contributed by atoms with Gasteiger partial charge in [0.1, 0.15) is 6.29 Å². The molecule has 380 valence electrons. The van der Waals surface area contributed by atoms with Crippen molar-refractivity contribution in [1.29, 1.82) is 0 Å². The first-order valence-electron chi connectivity index (χ1n) is 26.0. The molecule has 11 heteroatoms. The number of para-hydroxylation sites is 8. The smallest absolute Gasteiger partial charge is 0.164 e. The second kappa shape index (κ2) is 21.5. The normalized spacial score (nSPS) is 11.8. The minimum Gasteiger partial charge on any atom is -0.453 e. The van der Waals surface area contributed by atoms with Gasteiger partial charge in [-0.25, -0.2) is 29.9 Å². The van der Waals surface area contributed by atoms with Gasteiger partial charge in [0.2, 0.25) is 0 Å². The number of aldehydes is 1. The summed E-state index contributed by atoms with van der Waals surface area (Å²) in [6.07, 6.45) is 2.65. The van der Waals surface area contributed by atoms with Gasteiger partial charge in [-0.05, 0) is 103 Å². The van der Waals surface area contributed by atoms with E-state index in [-0.39, 0.29) is 0 Å². The highest BCUT2D eigenvalue weighted by Crippen LogP contribution is 2.52. The molecule has 12 aromatic rings. The summed E-state index contributed by atoms with van der Waals surface area (Å²) >= 11 is 0. The second-order valence-electron chi connectivity index (χ2n) is 18.8. The van der Waals surface area contributed by atoms with Crippen LogP contribution in [0.5, 0.6) is 23.0 Å². The van der Waals surface area contributed by atoms with E-state index in [1.165, 1.54) is 0 Å². The molecule has 80 heavy (non-hydrogen) atoms. The van der Waals surface area contributed by atoms with Crippen LogP contribution >= 0.6 is 0 Å². The van der Waals surface area contributed by atoms with Gasteiger partial charge in [-0.15, -0.1) is 0 Å². The number of carbonyl (C=O) groups excluding carboxylic acids is 1. The Labute approximate surface area is 462 Å². The van der Waals surface area contributed by atoms with Crippen LogP contribution in [0.2, 0.25) is 0 Å². The number of rotatable bonds is 10. The van der Waals surface area contributed by atoms with Gasteiger partial charge in [0.05, 0.1) is 22.7 Å². The van der Waals surface area contributed by atoms with Crippen molar-refractivity contribution in [2.75, 3.05) is 9.80 Å². The third-order valence-corrected chi connectivity index (χ3v) is 13.7. The number of hydrogen-bond donors (Lipinski definition) is 0. The van der Waals surface area contributed by atoms with Gasteiger partial charge in [-0.2, -0.15) is 0 Å². The largest absolute Gasteiger partial charge is 0.453 e. The lowest BCUT2D eigenvalue weighted by Gasteiger charge is -2.32. The van der Waals surface area contributed by atoms with E-state index >= 15 is 0 Å². The van der Waals surface area contributed by atoms with Crippen molar-refractivity contribution in [2.24, 2.45) is 0 Å². The minimum atomic E-state index is 0.543. The molecule has 0 unspecified atom stereocenters. The number of ether oxygens (including phenoxy) is 2. The van der Waals surface area contributed by atoms with E-state index in [1.54, 1.807) is 12.1 Å². The molecule has 0 N–H and O–H groups in total. The van der Waals surface area contributed by atoms with E-state index in [0.29, 0.717) is 40.5 Å². The lowest BCUT2D eigenvalue weighted by molar-refractivity contribution is 0.112. The molecule has 0 aliphatic carbocycles.